The topological polar surface area (TPSA) is 86.2 Å². The van der Waals surface area contributed by atoms with Crippen LogP contribution in [0.4, 0.5) is 0 Å². The van der Waals surface area contributed by atoms with Gasteiger partial charge < -0.3 is 15.6 Å². The summed E-state index contributed by atoms with van der Waals surface area (Å²) in [5, 5.41) is 15.6. The molecule has 1 saturated carbocycles. The number of rotatable bonds is 6. The van der Waals surface area contributed by atoms with Crippen LogP contribution in [0.25, 0.3) is 23.0 Å². The fourth-order valence-electron chi connectivity index (χ4n) is 4.88. The van der Waals surface area contributed by atoms with Crippen LogP contribution in [0.5, 0.6) is 17.2 Å². The average Bonchev–Trinajstić information content (AvgIpc) is 3.65. The van der Waals surface area contributed by atoms with E-state index in [0.29, 0.717) is 40.9 Å². The summed E-state index contributed by atoms with van der Waals surface area (Å²) >= 11 is 6.47. The van der Waals surface area contributed by atoms with E-state index in [-0.39, 0.29) is 5.75 Å². The van der Waals surface area contributed by atoms with E-state index < -0.39 is 0 Å². The molecule has 0 unspecified atom stereocenters. The fourth-order valence-corrected chi connectivity index (χ4v) is 5.13. The second-order valence-electron chi connectivity index (χ2n) is 9.70. The first kappa shape index (κ1) is 23.4. The van der Waals surface area contributed by atoms with E-state index in [0.717, 1.165) is 52.4 Å². The first-order valence-corrected chi connectivity index (χ1v) is 12.8. The van der Waals surface area contributed by atoms with Gasteiger partial charge >= 0.3 is 0 Å². The lowest BCUT2D eigenvalue weighted by Gasteiger charge is -2.14. The first-order valence-electron chi connectivity index (χ1n) is 12.4. The predicted molar refractivity (Wildman–Crippen MR) is 147 cm³/mol. The van der Waals surface area contributed by atoms with Gasteiger partial charge in [0.25, 0.3) is 0 Å². The number of fused-ring (bicyclic) bond motifs is 2. The van der Waals surface area contributed by atoms with Crippen molar-refractivity contribution < 1.29 is 9.84 Å². The molecule has 3 heterocycles. The Morgan fingerprint density at radius 3 is 2.76 bits per heavy atom. The molecule has 6 nitrogen and oxygen atoms in total. The van der Waals surface area contributed by atoms with Crippen molar-refractivity contribution in [2.24, 2.45) is 5.73 Å². The van der Waals surface area contributed by atoms with Crippen LogP contribution in [0.3, 0.4) is 0 Å². The largest absolute Gasteiger partial charge is 0.506 e. The molecule has 6 rings (SSSR count). The number of nitrogens with two attached hydrogens (primary N) is 1. The van der Waals surface area contributed by atoms with Gasteiger partial charge in [0.05, 0.1) is 11.2 Å². The van der Waals surface area contributed by atoms with Crippen LogP contribution in [-0.4, -0.2) is 19.9 Å². The highest BCUT2D eigenvalue weighted by molar-refractivity contribution is 6.32. The van der Waals surface area contributed by atoms with Gasteiger partial charge in [0.2, 0.25) is 0 Å². The summed E-state index contributed by atoms with van der Waals surface area (Å²) in [5.74, 6) is 2.07. The minimum Gasteiger partial charge on any atom is -0.506 e. The number of pyridine rings is 1. The van der Waals surface area contributed by atoms with E-state index in [1.165, 1.54) is 5.56 Å². The van der Waals surface area contributed by atoms with Crippen LogP contribution in [0, 0.1) is 0 Å². The smallest absolute Gasteiger partial charge is 0.153 e. The van der Waals surface area contributed by atoms with Crippen LogP contribution in [0.15, 0.2) is 61.3 Å². The third-order valence-electron chi connectivity index (χ3n) is 6.98. The van der Waals surface area contributed by atoms with Gasteiger partial charge in [-0.3, -0.25) is 0 Å². The molecule has 0 saturated heterocycles. The predicted octanol–water partition coefficient (Wildman–Crippen LogP) is 6.88. The first-order chi connectivity index (χ1) is 17.9. The Kier molecular flexibility index (Phi) is 5.76. The lowest BCUT2D eigenvalue weighted by atomic mass is 10.0. The number of phenols is 1. The van der Waals surface area contributed by atoms with Crippen molar-refractivity contribution in [3.05, 3.63) is 100 Å². The fraction of sp³-hybridized carbons (Fsp3) is 0.200. The molecule has 0 bridgehead atoms. The second-order valence-corrected chi connectivity index (χ2v) is 10.1. The minimum atomic E-state index is 0.112. The summed E-state index contributed by atoms with van der Waals surface area (Å²) < 4.78 is 8.06. The molecule has 2 aromatic heterocycles. The molecule has 1 aliphatic carbocycles. The molecule has 2 aromatic carbocycles. The molecule has 0 spiro atoms. The third-order valence-corrected chi connectivity index (χ3v) is 7.28. The number of aryl methyl sites for hydroxylation is 1. The molecule has 37 heavy (non-hydrogen) atoms. The summed E-state index contributed by atoms with van der Waals surface area (Å²) in [4.78, 5) is 4.98. The average molecular weight is 511 g/mol. The summed E-state index contributed by atoms with van der Waals surface area (Å²) in [6.07, 6.45) is 7.75. The minimum absolute atomic E-state index is 0.112. The van der Waals surface area contributed by atoms with Crippen molar-refractivity contribution in [3.8, 4) is 22.9 Å². The number of para-hydroxylation sites is 1. The van der Waals surface area contributed by atoms with Crippen molar-refractivity contribution in [1.29, 1.82) is 0 Å². The summed E-state index contributed by atoms with van der Waals surface area (Å²) in [7, 11) is 0. The molecule has 3 N–H and O–H groups in total. The molecule has 0 amide bonds. The Balaban J connectivity index is 1.31. The second kappa shape index (κ2) is 9.12. The zero-order valence-corrected chi connectivity index (χ0v) is 21.3. The molecule has 7 heteroatoms. The Labute approximate surface area is 220 Å². The maximum Gasteiger partial charge on any atom is 0.153 e. The van der Waals surface area contributed by atoms with Gasteiger partial charge in [-0.1, -0.05) is 36.4 Å². The maximum atomic E-state index is 10.5. The molecule has 186 valence electrons. The van der Waals surface area contributed by atoms with E-state index in [2.05, 4.69) is 17.8 Å². The van der Waals surface area contributed by atoms with Gasteiger partial charge in [-0.05, 0) is 86.1 Å². The van der Waals surface area contributed by atoms with Crippen molar-refractivity contribution >= 4 is 28.9 Å². The van der Waals surface area contributed by atoms with Crippen molar-refractivity contribution in [2.45, 2.75) is 38.5 Å². The number of allylic oxidation sites excluding steroid dienone is 1. The maximum absolute atomic E-state index is 10.5. The zero-order chi connectivity index (χ0) is 25.7. The number of phenolic OH excluding ortho intramolecular Hbond substituents is 1. The molecular formula is C30H27ClN4O2. The number of halogens is 1. The highest BCUT2D eigenvalue weighted by Crippen LogP contribution is 2.43. The van der Waals surface area contributed by atoms with Gasteiger partial charge in [-0.2, -0.15) is 5.10 Å². The highest BCUT2D eigenvalue weighted by Gasteiger charge is 2.30. The van der Waals surface area contributed by atoms with Crippen LogP contribution < -0.4 is 10.5 Å². The Morgan fingerprint density at radius 1 is 1.16 bits per heavy atom. The molecule has 2 aliphatic rings. The Hall–Kier alpha value is -4.03. The van der Waals surface area contributed by atoms with E-state index in [4.69, 9.17) is 27.1 Å². The highest BCUT2D eigenvalue weighted by atomic mass is 35.5. The lowest BCUT2D eigenvalue weighted by molar-refractivity contribution is 0.469. The standard InChI is InChI=1S/C30H27ClN4O2/c1-17-14-21-9-8-20(18(2)32)15-28(21)37-27-13-11-22(34-29(17)27)10-12-25-23(19-6-7-19)16-33-35(25)30-24(31)4-3-5-26(30)36/h3-5,8-9,11,13-16,19,36H,2,6-7,10,12,32H2,1H3. The van der Waals surface area contributed by atoms with E-state index in [1.807, 2.05) is 43.5 Å². The van der Waals surface area contributed by atoms with Crippen molar-refractivity contribution in [3.63, 3.8) is 0 Å². The monoisotopic (exact) mass is 510 g/mol. The van der Waals surface area contributed by atoms with Crippen molar-refractivity contribution in [2.75, 3.05) is 0 Å². The van der Waals surface area contributed by atoms with E-state index in [1.54, 1.807) is 22.9 Å². The molecule has 0 atom stereocenters. The molecule has 1 fully saturated rings. The molecule has 0 radical (unpaired) electrons. The van der Waals surface area contributed by atoms with Crippen LogP contribution >= 0.6 is 11.6 Å². The van der Waals surface area contributed by atoms with Crippen molar-refractivity contribution in [1.82, 2.24) is 14.8 Å². The normalized spacial score (nSPS) is 14.3. The number of ether oxygens (including phenoxy) is 1. The van der Waals surface area contributed by atoms with Crippen LogP contribution in [0.1, 0.15) is 59.5 Å². The summed E-state index contributed by atoms with van der Waals surface area (Å²) in [6, 6.07) is 15.0. The lowest BCUT2D eigenvalue weighted by Crippen LogP contribution is -2.07. The number of hydrogen-bond donors (Lipinski definition) is 2. The molecule has 4 aromatic rings. The van der Waals surface area contributed by atoms with Crippen LogP contribution in [0.2, 0.25) is 5.02 Å². The number of hydrogen-bond acceptors (Lipinski definition) is 5. The summed E-state index contributed by atoms with van der Waals surface area (Å²) in [6.45, 7) is 5.88. The summed E-state index contributed by atoms with van der Waals surface area (Å²) in [5.41, 5.74) is 13.8. The van der Waals surface area contributed by atoms with E-state index in [9.17, 15) is 5.11 Å². The SMILES string of the molecule is C=C(N)c1ccc2c(c1)Oc1ccc(CCc3c(C4CC4)cnn3-c3c(O)cccc3Cl)nc1C(C)=C2. The zero-order valence-electron chi connectivity index (χ0n) is 20.5. The number of nitrogens with zero attached hydrogens (tertiary/aromatic N) is 3. The van der Waals surface area contributed by atoms with Gasteiger partial charge in [0.1, 0.15) is 22.9 Å². The van der Waals surface area contributed by atoms with E-state index >= 15 is 0 Å². The third kappa shape index (κ3) is 4.38. The van der Waals surface area contributed by atoms with Gasteiger partial charge in [-0.25, -0.2) is 9.67 Å². The molecular weight excluding hydrogens is 484 g/mol. The number of aromatic hydroxyl groups is 1. The van der Waals surface area contributed by atoms with Gasteiger partial charge in [0.15, 0.2) is 5.75 Å². The number of benzene rings is 2. The van der Waals surface area contributed by atoms with Gasteiger partial charge in [0, 0.05) is 28.2 Å². The molecule has 1 aliphatic heterocycles. The van der Waals surface area contributed by atoms with Crippen LogP contribution in [-0.2, 0) is 12.8 Å². The quantitative estimate of drug-likeness (QED) is 0.295. The Morgan fingerprint density at radius 2 is 2.00 bits per heavy atom. The Bertz CT molecular complexity index is 1560. The van der Waals surface area contributed by atoms with Gasteiger partial charge in [-0.15, -0.1) is 0 Å². The number of aromatic nitrogens is 3.